The minimum atomic E-state index is -0.226. The van der Waals surface area contributed by atoms with Gasteiger partial charge in [0.05, 0.1) is 6.04 Å². The zero-order valence-electron chi connectivity index (χ0n) is 16.4. The van der Waals surface area contributed by atoms with E-state index in [0.29, 0.717) is 5.69 Å². The van der Waals surface area contributed by atoms with E-state index in [9.17, 15) is 4.79 Å². The van der Waals surface area contributed by atoms with Crippen LogP contribution in [-0.4, -0.2) is 20.3 Å². The molecule has 2 heterocycles. The maximum atomic E-state index is 12.6. The lowest BCUT2D eigenvalue weighted by atomic mass is 10.1. The SMILES string of the molecule is CC(NC(=O)c1ccn(COc2ccc(Br)cc2)n1)c1cccc(-n2cccc2)c1. The Bertz CT molecular complexity index is 1120. The molecule has 2 aromatic heterocycles. The minimum absolute atomic E-state index is 0.155. The van der Waals surface area contributed by atoms with Crippen LogP contribution in [0.5, 0.6) is 5.75 Å². The third kappa shape index (κ3) is 4.80. The van der Waals surface area contributed by atoms with Gasteiger partial charge >= 0.3 is 0 Å². The van der Waals surface area contributed by atoms with Crippen molar-refractivity contribution in [2.24, 2.45) is 0 Å². The van der Waals surface area contributed by atoms with E-state index in [0.717, 1.165) is 21.5 Å². The molecule has 0 radical (unpaired) electrons. The van der Waals surface area contributed by atoms with Crippen molar-refractivity contribution in [3.8, 4) is 11.4 Å². The summed E-state index contributed by atoms with van der Waals surface area (Å²) in [6.07, 6.45) is 5.71. The molecule has 1 atom stereocenters. The summed E-state index contributed by atoms with van der Waals surface area (Å²) in [5, 5.41) is 7.32. The van der Waals surface area contributed by atoms with Gasteiger partial charge in [-0.05, 0) is 67.1 Å². The normalized spacial score (nSPS) is 11.8. The standard InChI is InChI=1S/C23H21BrN4O2/c1-17(18-5-4-6-20(15-18)27-12-2-3-13-27)25-23(29)22-11-14-28(26-22)16-30-21-9-7-19(24)8-10-21/h2-15,17H,16H2,1H3,(H,25,29). The van der Waals surface area contributed by atoms with E-state index in [2.05, 4.69) is 32.4 Å². The lowest BCUT2D eigenvalue weighted by Gasteiger charge is -2.15. The first-order valence-corrected chi connectivity index (χ1v) is 10.3. The van der Waals surface area contributed by atoms with Crippen LogP contribution in [0.4, 0.5) is 0 Å². The highest BCUT2D eigenvalue weighted by atomic mass is 79.9. The molecule has 0 aliphatic heterocycles. The molecule has 7 heteroatoms. The molecule has 152 valence electrons. The maximum Gasteiger partial charge on any atom is 0.272 e. The predicted molar refractivity (Wildman–Crippen MR) is 119 cm³/mol. The summed E-state index contributed by atoms with van der Waals surface area (Å²) in [5.41, 5.74) is 2.42. The second-order valence-electron chi connectivity index (χ2n) is 6.85. The van der Waals surface area contributed by atoms with Crippen LogP contribution >= 0.6 is 15.9 Å². The van der Waals surface area contributed by atoms with Crippen molar-refractivity contribution in [1.29, 1.82) is 0 Å². The molecule has 0 fully saturated rings. The number of aromatic nitrogens is 3. The Balaban J connectivity index is 1.37. The number of benzene rings is 2. The van der Waals surface area contributed by atoms with Gasteiger partial charge in [-0.1, -0.05) is 28.1 Å². The molecule has 2 aromatic carbocycles. The fraction of sp³-hybridized carbons (Fsp3) is 0.130. The van der Waals surface area contributed by atoms with Crippen molar-refractivity contribution < 1.29 is 9.53 Å². The van der Waals surface area contributed by atoms with Gasteiger partial charge in [0.15, 0.2) is 6.73 Å². The lowest BCUT2D eigenvalue weighted by molar-refractivity contribution is 0.0932. The molecule has 4 aromatic rings. The van der Waals surface area contributed by atoms with Gasteiger partial charge in [-0.2, -0.15) is 5.10 Å². The highest BCUT2D eigenvalue weighted by molar-refractivity contribution is 9.10. The zero-order valence-corrected chi connectivity index (χ0v) is 18.0. The summed E-state index contributed by atoms with van der Waals surface area (Å²) in [4.78, 5) is 12.6. The van der Waals surface area contributed by atoms with Crippen molar-refractivity contribution >= 4 is 21.8 Å². The number of carbonyl (C=O) groups excluding carboxylic acids is 1. The highest BCUT2D eigenvalue weighted by Gasteiger charge is 2.14. The molecule has 0 aliphatic carbocycles. The van der Waals surface area contributed by atoms with Crippen molar-refractivity contribution in [3.05, 3.63) is 101 Å². The van der Waals surface area contributed by atoms with Gasteiger partial charge in [-0.3, -0.25) is 4.79 Å². The lowest BCUT2D eigenvalue weighted by Crippen LogP contribution is -2.27. The van der Waals surface area contributed by atoms with Crippen LogP contribution in [0.15, 0.2) is 89.8 Å². The Hall–Kier alpha value is -3.32. The highest BCUT2D eigenvalue weighted by Crippen LogP contribution is 2.18. The van der Waals surface area contributed by atoms with Crippen LogP contribution in [0.1, 0.15) is 29.0 Å². The summed E-state index contributed by atoms with van der Waals surface area (Å²) >= 11 is 3.39. The third-order valence-corrected chi connectivity index (χ3v) is 5.20. The Morgan fingerprint density at radius 3 is 2.60 bits per heavy atom. The number of nitrogens with one attached hydrogen (secondary N) is 1. The number of carbonyl (C=O) groups is 1. The van der Waals surface area contributed by atoms with Crippen LogP contribution < -0.4 is 10.1 Å². The molecule has 0 aliphatic rings. The third-order valence-electron chi connectivity index (χ3n) is 4.67. The fourth-order valence-electron chi connectivity index (χ4n) is 3.04. The van der Waals surface area contributed by atoms with Gasteiger partial charge in [0.25, 0.3) is 5.91 Å². The molecule has 6 nitrogen and oxygen atoms in total. The topological polar surface area (TPSA) is 61.1 Å². The van der Waals surface area contributed by atoms with Crippen molar-refractivity contribution in [1.82, 2.24) is 19.7 Å². The van der Waals surface area contributed by atoms with Crippen LogP contribution in [0.3, 0.4) is 0 Å². The molecule has 0 saturated heterocycles. The smallest absolute Gasteiger partial charge is 0.272 e. The van der Waals surface area contributed by atoms with Crippen LogP contribution in [0.2, 0.25) is 0 Å². The van der Waals surface area contributed by atoms with E-state index in [1.807, 2.05) is 78.5 Å². The summed E-state index contributed by atoms with van der Waals surface area (Å²) in [5.74, 6) is 0.507. The second kappa shape index (κ2) is 9.00. The molecule has 1 unspecified atom stereocenters. The van der Waals surface area contributed by atoms with E-state index >= 15 is 0 Å². The molecule has 1 amide bonds. The molecule has 0 spiro atoms. The monoisotopic (exact) mass is 464 g/mol. The first-order valence-electron chi connectivity index (χ1n) is 9.54. The first kappa shape index (κ1) is 20.0. The number of hydrogen-bond donors (Lipinski definition) is 1. The molecule has 0 bridgehead atoms. The first-order chi connectivity index (χ1) is 14.6. The Morgan fingerprint density at radius 1 is 1.07 bits per heavy atom. The summed E-state index contributed by atoms with van der Waals surface area (Å²) in [6, 6.07) is 21.1. The number of halogens is 1. The predicted octanol–water partition coefficient (Wildman–Crippen LogP) is 4.96. The maximum absolute atomic E-state index is 12.6. The molecule has 30 heavy (non-hydrogen) atoms. The molecular weight excluding hydrogens is 444 g/mol. The van der Waals surface area contributed by atoms with E-state index < -0.39 is 0 Å². The molecule has 1 N–H and O–H groups in total. The van der Waals surface area contributed by atoms with E-state index in [-0.39, 0.29) is 18.7 Å². The quantitative estimate of drug-likeness (QED) is 0.420. The summed E-state index contributed by atoms with van der Waals surface area (Å²) < 4.78 is 10.3. The summed E-state index contributed by atoms with van der Waals surface area (Å²) in [6.45, 7) is 2.18. The van der Waals surface area contributed by atoms with E-state index in [1.165, 1.54) is 0 Å². The molecule has 0 saturated carbocycles. The fourth-order valence-corrected chi connectivity index (χ4v) is 3.31. The average Bonchev–Trinajstić information content (AvgIpc) is 3.46. The Morgan fingerprint density at radius 2 is 1.83 bits per heavy atom. The van der Waals surface area contributed by atoms with Crippen molar-refractivity contribution in [2.45, 2.75) is 19.7 Å². The Kier molecular flexibility index (Phi) is 5.99. The Labute approximate surface area is 183 Å². The van der Waals surface area contributed by atoms with E-state index in [1.54, 1.807) is 16.9 Å². The number of nitrogens with zero attached hydrogens (tertiary/aromatic N) is 3. The number of rotatable bonds is 7. The van der Waals surface area contributed by atoms with Gasteiger partial charge < -0.3 is 14.6 Å². The average molecular weight is 465 g/mol. The van der Waals surface area contributed by atoms with Gasteiger partial charge in [0, 0.05) is 28.8 Å². The van der Waals surface area contributed by atoms with Crippen molar-refractivity contribution in [3.63, 3.8) is 0 Å². The van der Waals surface area contributed by atoms with Crippen LogP contribution in [-0.2, 0) is 6.73 Å². The van der Waals surface area contributed by atoms with Gasteiger partial charge in [0.2, 0.25) is 0 Å². The zero-order chi connectivity index (χ0) is 20.9. The second-order valence-corrected chi connectivity index (χ2v) is 7.76. The number of amides is 1. The molecule has 4 rings (SSSR count). The van der Waals surface area contributed by atoms with Gasteiger partial charge in [0.1, 0.15) is 11.4 Å². The largest absolute Gasteiger partial charge is 0.471 e. The minimum Gasteiger partial charge on any atom is -0.471 e. The number of ether oxygens (including phenoxy) is 1. The molecular formula is C23H21BrN4O2. The number of hydrogen-bond acceptors (Lipinski definition) is 3. The van der Waals surface area contributed by atoms with E-state index in [4.69, 9.17) is 4.74 Å². The van der Waals surface area contributed by atoms with Crippen molar-refractivity contribution in [2.75, 3.05) is 0 Å². The van der Waals surface area contributed by atoms with Crippen LogP contribution in [0, 0.1) is 0 Å². The van der Waals surface area contributed by atoms with Gasteiger partial charge in [-0.25, -0.2) is 4.68 Å². The van der Waals surface area contributed by atoms with Gasteiger partial charge in [-0.15, -0.1) is 0 Å². The van der Waals surface area contributed by atoms with Crippen LogP contribution in [0.25, 0.3) is 5.69 Å². The summed E-state index contributed by atoms with van der Waals surface area (Å²) in [7, 11) is 0.